The first-order valence-electron chi connectivity index (χ1n) is 11.2. The molecule has 0 fully saturated rings. The topological polar surface area (TPSA) is 86.4 Å². The highest BCUT2D eigenvalue weighted by Gasteiger charge is 2.17. The molecule has 0 unspecified atom stereocenters. The molecule has 1 aromatic carbocycles. The summed E-state index contributed by atoms with van der Waals surface area (Å²) in [6.07, 6.45) is 5.37. The third-order valence-electron chi connectivity index (χ3n) is 5.93. The van der Waals surface area contributed by atoms with Crippen molar-refractivity contribution < 1.29 is 4.39 Å². The van der Waals surface area contributed by atoms with Crippen molar-refractivity contribution in [2.75, 3.05) is 14.1 Å². The summed E-state index contributed by atoms with van der Waals surface area (Å²) in [6.45, 7) is 0.799. The van der Waals surface area contributed by atoms with Crippen molar-refractivity contribution in [3.05, 3.63) is 84.6 Å². The third kappa shape index (κ3) is 3.83. The number of halogens is 1. The van der Waals surface area contributed by atoms with Crippen molar-refractivity contribution in [2.45, 2.75) is 6.54 Å². The molecule has 0 saturated carbocycles. The zero-order valence-corrected chi connectivity index (χ0v) is 19.2. The lowest BCUT2D eigenvalue weighted by atomic mass is 10.1. The second kappa shape index (κ2) is 8.41. The lowest BCUT2D eigenvalue weighted by Gasteiger charge is -2.10. The number of nitrogens with one attached hydrogen (secondary N) is 2. The number of hydrogen-bond donors (Lipinski definition) is 2. The van der Waals surface area contributed by atoms with Crippen LogP contribution in [-0.4, -0.2) is 49.1 Å². The second-order valence-electron chi connectivity index (χ2n) is 8.77. The maximum Gasteiger partial charge on any atom is 0.135 e. The molecule has 172 valence electrons. The molecule has 0 spiro atoms. The summed E-state index contributed by atoms with van der Waals surface area (Å²) >= 11 is 0. The van der Waals surface area contributed by atoms with Gasteiger partial charge in [0.15, 0.2) is 0 Å². The molecule has 0 saturated heterocycles. The molecule has 7 nitrogen and oxygen atoms in total. The zero-order valence-electron chi connectivity index (χ0n) is 19.2. The number of rotatable bonds is 5. The summed E-state index contributed by atoms with van der Waals surface area (Å²) < 4.78 is 14.5. The first-order valence-corrected chi connectivity index (χ1v) is 11.2. The first kappa shape index (κ1) is 21.1. The van der Waals surface area contributed by atoms with Gasteiger partial charge in [0.05, 0.1) is 22.6 Å². The normalized spacial score (nSPS) is 11.7. The fourth-order valence-corrected chi connectivity index (χ4v) is 4.38. The third-order valence-corrected chi connectivity index (χ3v) is 5.93. The Morgan fingerprint density at radius 1 is 0.943 bits per heavy atom. The minimum absolute atomic E-state index is 0.308. The molecular formula is C27H22FN7. The van der Waals surface area contributed by atoms with Crippen LogP contribution in [0.15, 0.2) is 73.2 Å². The van der Waals surface area contributed by atoms with Crippen molar-refractivity contribution >= 4 is 21.9 Å². The van der Waals surface area contributed by atoms with Gasteiger partial charge in [-0.25, -0.2) is 9.37 Å². The van der Waals surface area contributed by atoms with Gasteiger partial charge in [-0.05, 0) is 62.1 Å². The molecule has 0 aliphatic carbocycles. The number of H-pyrrole nitrogens is 2. The van der Waals surface area contributed by atoms with Crippen LogP contribution in [0.1, 0.15) is 5.56 Å². The highest BCUT2D eigenvalue weighted by molar-refractivity contribution is 5.99. The van der Waals surface area contributed by atoms with Crippen LogP contribution >= 0.6 is 0 Å². The van der Waals surface area contributed by atoms with Gasteiger partial charge in [-0.2, -0.15) is 5.10 Å². The second-order valence-corrected chi connectivity index (χ2v) is 8.77. The van der Waals surface area contributed by atoms with Crippen LogP contribution in [0.2, 0.25) is 0 Å². The summed E-state index contributed by atoms with van der Waals surface area (Å²) in [6, 6.07) is 16.5. The van der Waals surface area contributed by atoms with E-state index in [4.69, 9.17) is 4.98 Å². The van der Waals surface area contributed by atoms with E-state index in [1.165, 1.54) is 6.07 Å². The van der Waals surface area contributed by atoms with Gasteiger partial charge in [-0.3, -0.25) is 15.1 Å². The van der Waals surface area contributed by atoms with Gasteiger partial charge in [-0.1, -0.05) is 12.1 Å². The van der Waals surface area contributed by atoms with E-state index in [1.807, 2.05) is 56.8 Å². The molecule has 6 aromatic rings. The summed E-state index contributed by atoms with van der Waals surface area (Å²) in [5, 5.41) is 8.43. The summed E-state index contributed by atoms with van der Waals surface area (Å²) in [5.74, 6) is -0.308. The first-order chi connectivity index (χ1) is 17.1. The predicted octanol–water partition coefficient (Wildman–Crippen LogP) is 5.43. The van der Waals surface area contributed by atoms with Crippen LogP contribution in [0.3, 0.4) is 0 Å². The zero-order chi connectivity index (χ0) is 23.9. The van der Waals surface area contributed by atoms with Crippen LogP contribution in [0.5, 0.6) is 0 Å². The smallest absolute Gasteiger partial charge is 0.135 e. The molecule has 0 atom stereocenters. The Morgan fingerprint density at radius 2 is 1.83 bits per heavy atom. The van der Waals surface area contributed by atoms with E-state index in [1.54, 1.807) is 18.3 Å². The number of pyridine rings is 3. The SMILES string of the molecule is CN(C)Cc1cncc(-c2ccc3[nH]nc(-c4cc5c(-c6ccccc6F)nccc5[nH]4)c3n2)c1. The van der Waals surface area contributed by atoms with E-state index in [9.17, 15) is 4.39 Å². The Bertz CT molecular complexity index is 1680. The van der Waals surface area contributed by atoms with Crippen LogP contribution in [-0.2, 0) is 6.54 Å². The number of nitrogens with zero attached hydrogens (tertiary/aromatic N) is 5. The molecule has 0 amide bonds. The van der Waals surface area contributed by atoms with E-state index in [0.717, 1.165) is 51.0 Å². The minimum atomic E-state index is -0.308. The van der Waals surface area contributed by atoms with Crippen molar-refractivity contribution in [3.63, 3.8) is 0 Å². The molecule has 5 heterocycles. The summed E-state index contributed by atoms with van der Waals surface area (Å²) in [7, 11) is 4.06. The van der Waals surface area contributed by atoms with Crippen molar-refractivity contribution in [1.29, 1.82) is 0 Å². The molecule has 2 N–H and O–H groups in total. The lowest BCUT2D eigenvalue weighted by molar-refractivity contribution is 0.402. The standard InChI is InChI=1S/C27H22FN7/c1-35(2)15-16-11-17(14-29-13-16)21-7-8-23-26(32-21)27(34-33-23)24-12-19-22(31-24)9-10-30-25(19)18-5-3-4-6-20(18)28/h3-14,31H,15H2,1-2H3,(H,33,34). The maximum atomic E-state index is 14.5. The highest BCUT2D eigenvalue weighted by Crippen LogP contribution is 2.33. The Labute approximate surface area is 200 Å². The van der Waals surface area contributed by atoms with Crippen LogP contribution in [0.25, 0.3) is 55.8 Å². The van der Waals surface area contributed by atoms with Gasteiger partial charge in [0, 0.05) is 47.2 Å². The molecule has 0 radical (unpaired) electrons. The summed E-state index contributed by atoms with van der Waals surface area (Å²) in [5.41, 5.74) is 7.81. The van der Waals surface area contributed by atoms with E-state index in [0.29, 0.717) is 17.0 Å². The fraction of sp³-hybridized carbons (Fsp3) is 0.111. The van der Waals surface area contributed by atoms with Gasteiger partial charge < -0.3 is 9.88 Å². The average molecular weight is 464 g/mol. The highest BCUT2D eigenvalue weighted by atomic mass is 19.1. The number of aromatic amines is 2. The van der Waals surface area contributed by atoms with Crippen molar-refractivity contribution in [3.8, 4) is 33.9 Å². The average Bonchev–Trinajstić information content (AvgIpc) is 3.47. The Morgan fingerprint density at radius 3 is 2.69 bits per heavy atom. The van der Waals surface area contributed by atoms with Crippen LogP contribution in [0.4, 0.5) is 4.39 Å². The fourth-order valence-electron chi connectivity index (χ4n) is 4.38. The largest absolute Gasteiger partial charge is 0.353 e. The molecule has 6 rings (SSSR count). The Hall–Kier alpha value is -4.43. The van der Waals surface area contributed by atoms with Crippen LogP contribution in [0, 0.1) is 5.82 Å². The van der Waals surface area contributed by atoms with Gasteiger partial charge in [-0.15, -0.1) is 0 Å². The maximum absolute atomic E-state index is 14.5. The molecule has 0 aliphatic rings. The lowest BCUT2D eigenvalue weighted by Crippen LogP contribution is -2.10. The number of hydrogen-bond acceptors (Lipinski definition) is 5. The van der Waals surface area contributed by atoms with Gasteiger partial charge in [0.2, 0.25) is 0 Å². The van der Waals surface area contributed by atoms with E-state index < -0.39 is 0 Å². The van der Waals surface area contributed by atoms with Gasteiger partial charge >= 0.3 is 0 Å². The molecule has 35 heavy (non-hydrogen) atoms. The minimum Gasteiger partial charge on any atom is -0.353 e. The summed E-state index contributed by atoms with van der Waals surface area (Å²) in [4.78, 5) is 19.3. The van der Waals surface area contributed by atoms with E-state index in [-0.39, 0.29) is 5.82 Å². The number of fused-ring (bicyclic) bond motifs is 2. The number of aromatic nitrogens is 6. The molecule has 0 bridgehead atoms. The Balaban J connectivity index is 1.46. The monoisotopic (exact) mass is 463 g/mol. The molecule has 5 aromatic heterocycles. The van der Waals surface area contributed by atoms with Crippen molar-refractivity contribution in [1.82, 2.24) is 35.0 Å². The molecular weight excluding hydrogens is 441 g/mol. The quantitative estimate of drug-likeness (QED) is 0.356. The number of benzene rings is 1. The predicted molar refractivity (Wildman–Crippen MR) is 135 cm³/mol. The van der Waals surface area contributed by atoms with Crippen molar-refractivity contribution in [2.24, 2.45) is 0 Å². The van der Waals surface area contributed by atoms with Gasteiger partial charge in [0.1, 0.15) is 17.0 Å². The molecule has 0 aliphatic heterocycles. The van der Waals surface area contributed by atoms with E-state index >= 15 is 0 Å². The Kier molecular flexibility index (Phi) is 5.08. The molecule has 8 heteroatoms. The van der Waals surface area contributed by atoms with Gasteiger partial charge in [0.25, 0.3) is 0 Å². The van der Waals surface area contributed by atoms with Crippen LogP contribution < -0.4 is 0 Å². The van der Waals surface area contributed by atoms with E-state index in [2.05, 4.69) is 36.1 Å².